The molecule has 4 aromatic carbocycles. The van der Waals surface area contributed by atoms with Crippen LogP contribution in [-0.2, 0) is 14.9 Å². The summed E-state index contributed by atoms with van der Waals surface area (Å²) in [6.45, 7) is 8.94. The Morgan fingerprint density at radius 1 is 0.537 bits per heavy atom. The third kappa shape index (κ3) is 4.27. The van der Waals surface area contributed by atoms with Crippen LogP contribution in [-0.4, -0.2) is 39.6 Å². The van der Waals surface area contributed by atoms with E-state index >= 15 is 0 Å². The Bertz CT molecular complexity index is 1390. The second-order valence-electron chi connectivity index (χ2n) is 12.2. The minimum atomic E-state index is -0.441. The molecule has 0 bridgehead atoms. The first-order valence-corrected chi connectivity index (χ1v) is 14.9. The summed E-state index contributed by atoms with van der Waals surface area (Å²) < 4.78 is 23.6. The standard InChI is InChI=1S/C37H38O4/c1-3-35(21-38-22-35)25-40-29-17-13-27(14-18-29)37(33-11-7-5-9-31(33)32-10-6-8-12-34(32)37)28-15-19-30(20-16-28)41-26-36(4-2)23-39-24-36/h5-20H,3-4,21-26H2,1-2H3. The van der Waals surface area contributed by atoms with Crippen LogP contribution < -0.4 is 9.47 Å². The van der Waals surface area contributed by atoms with Gasteiger partial charge in [0, 0.05) is 0 Å². The van der Waals surface area contributed by atoms with Gasteiger partial charge in [0.25, 0.3) is 0 Å². The fourth-order valence-corrected chi connectivity index (χ4v) is 6.66. The van der Waals surface area contributed by atoms with E-state index in [1.54, 1.807) is 0 Å². The van der Waals surface area contributed by atoms with Gasteiger partial charge in [-0.05, 0) is 70.5 Å². The fraction of sp³-hybridized carbons (Fsp3) is 0.351. The molecule has 4 nitrogen and oxygen atoms in total. The molecule has 4 heteroatoms. The summed E-state index contributed by atoms with van der Waals surface area (Å²) >= 11 is 0. The topological polar surface area (TPSA) is 36.9 Å². The van der Waals surface area contributed by atoms with Crippen LogP contribution in [0.1, 0.15) is 48.9 Å². The van der Waals surface area contributed by atoms with E-state index in [4.69, 9.17) is 18.9 Å². The molecule has 41 heavy (non-hydrogen) atoms. The zero-order valence-electron chi connectivity index (χ0n) is 24.0. The fourth-order valence-electron chi connectivity index (χ4n) is 6.66. The van der Waals surface area contributed by atoms with Crippen molar-refractivity contribution in [3.05, 3.63) is 119 Å². The van der Waals surface area contributed by atoms with Crippen molar-refractivity contribution in [2.45, 2.75) is 32.1 Å². The maximum atomic E-state index is 6.29. The molecule has 0 spiro atoms. The number of hydrogen-bond acceptors (Lipinski definition) is 4. The summed E-state index contributed by atoms with van der Waals surface area (Å²) in [4.78, 5) is 0. The second-order valence-corrected chi connectivity index (χ2v) is 12.2. The predicted octanol–water partition coefficient (Wildman–Crippen LogP) is 7.66. The summed E-state index contributed by atoms with van der Waals surface area (Å²) in [6, 6.07) is 35.2. The van der Waals surface area contributed by atoms with Crippen LogP contribution in [0.15, 0.2) is 97.1 Å². The van der Waals surface area contributed by atoms with Gasteiger partial charge < -0.3 is 18.9 Å². The molecule has 0 saturated carbocycles. The molecule has 0 unspecified atom stereocenters. The van der Waals surface area contributed by atoms with E-state index in [0.717, 1.165) is 50.8 Å². The molecule has 0 amide bonds. The van der Waals surface area contributed by atoms with E-state index in [0.29, 0.717) is 13.2 Å². The first kappa shape index (κ1) is 26.3. The zero-order valence-corrected chi connectivity index (χ0v) is 24.0. The largest absolute Gasteiger partial charge is 0.493 e. The molecule has 3 aliphatic rings. The molecule has 0 radical (unpaired) electrons. The van der Waals surface area contributed by atoms with Crippen molar-refractivity contribution in [1.29, 1.82) is 0 Å². The van der Waals surface area contributed by atoms with Gasteiger partial charge in [-0.25, -0.2) is 0 Å². The Morgan fingerprint density at radius 3 is 1.27 bits per heavy atom. The van der Waals surface area contributed by atoms with Crippen molar-refractivity contribution in [2.75, 3.05) is 39.6 Å². The van der Waals surface area contributed by atoms with Gasteiger partial charge in [0.1, 0.15) is 11.5 Å². The number of hydrogen-bond donors (Lipinski definition) is 0. The van der Waals surface area contributed by atoms with Crippen molar-refractivity contribution >= 4 is 0 Å². The SMILES string of the molecule is CCC1(COc2ccc(C3(c4ccc(OCC5(CC)COC5)cc4)c4ccccc4-c4ccccc43)cc2)COC1. The van der Waals surface area contributed by atoms with Crippen LogP contribution in [0.25, 0.3) is 11.1 Å². The molecule has 2 fully saturated rings. The molecule has 2 aliphatic heterocycles. The molecule has 0 atom stereocenters. The van der Waals surface area contributed by atoms with Gasteiger partial charge in [-0.1, -0.05) is 86.6 Å². The molecule has 1 aliphatic carbocycles. The molecule has 0 N–H and O–H groups in total. The van der Waals surface area contributed by atoms with E-state index < -0.39 is 5.41 Å². The maximum Gasteiger partial charge on any atom is 0.119 e. The first-order valence-electron chi connectivity index (χ1n) is 14.9. The van der Waals surface area contributed by atoms with Gasteiger partial charge in [0.2, 0.25) is 0 Å². The monoisotopic (exact) mass is 546 g/mol. The van der Waals surface area contributed by atoms with E-state index in [-0.39, 0.29) is 10.8 Å². The van der Waals surface area contributed by atoms with E-state index in [1.807, 2.05) is 0 Å². The van der Waals surface area contributed by atoms with Gasteiger partial charge >= 0.3 is 0 Å². The number of rotatable bonds is 10. The van der Waals surface area contributed by atoms with Crippen molar-refractivity contribution in [1.82, 2.24) is 0 Å². The van der Waals surface area contributed by atoms with Crippen LogP contribution in [0.3, 0.4) is 0 Å². The molecule has 2 heterocycles. The van der Waals surface area contributed by atoms with Gasteiger partial charge in [0.05, 0.1) is 55.9 Å². The van der Waals surface area contributed by atoms with E-state index in [9.17, 15) is 0 Å². The highest BCUT2D eigenvalue weighted by Gasteiger charge is 2.46. The normalized spacial score (nSPS) is 18.9. The average molecular weight is 547 g/mol. The smallest absolute Gasteiger partial charge is 0.119 e. The van der Waals surface area contributed by atoms with Crippen molar-refractivity contribution in [3.63, 3.8) is 0 Å². The van der Waals surface area contributed by atoms with Gasteiger partial charge in [-0.15, -0.1) is 0 Å². The van der Waals surface area contributed by atoms with Crippen LogP contribution >= 0.6 is 0 Å². The highest BCUT2D eigenvalue weighted by atomic mass is 16.5. The summed E-state index contributed by atoms with van der Waals surface area (Å²) in [5.41, 5.74) is 7.48. The van der Waals surface area contributed by atoms with E-state index in [2.05, 4.69) is 111 Å². The highest BCUT2D eigenvalue weighted by molar-refractivity contribution is 5.86. The maximum absolute atomic E-state index is 6.29. The quantitative estimate of drug-likeness (QED) is 0.180. The van der Waals surface area contributed by atoms with Crippen molar-refractivity contribution in [2.24, 2.45) is 10.8 Å². The lowest BCUT2D eigenvalue weighted by molar-refractivity contribution is -0.133. The van der Waals surface area contributed by atoms with Crippen molar-refractivity contribution < 1.29 is 18.9 Å². The third-order valence-corrected chi connectivity index (χ3v) is 9.75. The second kappa shape index (κ2) is 10.3. The summed E-state index contributed by atoms with van der Waals surface area (Å²) in [5, 5.41) is 0. The number of ether oxygens (including phenoxy) is 4. The van der Waals surface area contributed by atoms with Crippen molar-refractivity contribution in [3.8, 4) is 22.6 Å². The Kier molecular flexibility index (Phi) is 6.64. The number of fused-ring (bicyclic) bond motifs is 3. The Balaban J connectivity index is 1.27. The molecule has 2 saturated heterocycles. The van der Waals surface area contributed by atoms with Gasteiger partial charge in [0.15, 0.2) is 0 Å². The lowest BCUT2D eigenvalue weighted by Crippen LogP contribution is -2.46. The Hall–Kier alpha value is -3.60. The predicted molar refractivity (Wildman–Crippen MR) is 162 cm³/mol. The van der Waals surface area contributed by atoms with Crippen LogP contribution in [0, 0.1) is 10.8 Å². The Morgan fingerprint density at radius 2 is 0.927 bits per heavy atom. The first-order chi connectivity index (χ1) is 20.1. The Labute approximate surface area is 243 Å². The molecule has 4 aromatic rings. The van der Waals surface area contributed by atoms with E-state index in [1.165, 1.54) is 33.4 Å². The number of benzene rings is 4. The summed E-state index contributed by atoms with van der Waals surface area (Å²) in [7, 11) is 0. The summed E-state index contributed by atoms with van der Waals surface area (Å²) in [6.07, 6.45) is 2.13. The minimum absolute atomic E-state index is 0.148. The third-order valence-electron chi connectivity index (χ3n) is 9.75. The van der Waals surface area contributed by atoms with Crippen LogP contribution in [0.2, 0.25) is 0 Å². The average Bonchev–Trinajstić information content (AvgIpc) is 3.28. The molecule has 0 aromatic heterocycles. The van der Waals surface area contributed by atoms with Crippen LogP contribution in [0.5, 0.6) is 11.5 Å². The lowest BCUT2D eigenvalue weighted by Gasteiger charge is -2.40. The minimum Gasteiger partial charge on any atom is -0.493 e. The van der Waals surface area contributed by atoms with Crippen LogP contribution in [0.4, 0.5) is 0 Å². The molecular weight excluding hydrogens is 508 g/mol. The zero-order chi connectivity index (χ0) is 27.9. The molecule has 210 valence electrons. The van der Waals surface area contributed by atoms with Gasteiger partial charge in [-0.3, -0.25) is 0 Å². The molecular formula is C37H38O4. The van der Waals surface area contributed by atoms with Gasteiger partial charge in [-0.2, -0.15) is 0 Å². The lowest BCUT2D eigenvalue weighted by atomic mass is 9.68. The highest BCUT2D eigenvalue weighted by Crippen LogP contribution is 2.56. The molecule has 7 rings (SSSR count). The summed E-state index contributed by atoms with van der Waals surface area (Å²) in [5.74, 6) is 1.80.